The molecule has 1 N–H and O–H groups in total. The average molecular weight is 505 g/mol. The summed E-state index contributed by atoms with van der Waals surface area (Å²) in [6.45, 7) is 9.05. The van der Waals surface area contributed by atoms with Crippen LogP contribution in [0.25, 0.3) is 0 Å². The van der Waals surface area contributed by atoms with Crippen LogP contribution in [0.15, 0.2) is 49.6 Å². The van der Waals surface area contributed by atoms with Gasteiger partial charge in [0.1, 0.15) is 5.76 Å². The molecule has 33 heavy (non-hydrogen) atoms. The smallest absolute Gasteiger partial charge is 0.204 e. The monoisotopic (exact) mass is 504 g/mol. The maximum Gasteiger partial charge on any atom is 0.204 e. The van der Waals surface area contributed by atoms with Crippen molar-refractivity contribution in [3.8, 4) is 0 Å². The molecule has 0 spiro atoms. The van der Waals surface area contributed by atoms with Gasteiger partial charge in [-0.3, -0.25) is 4.79 Å². The standard InChI is InChI=1S/C24H32N4O2S3/c1-24(2,3)19-14-26-20(30-19)16-31-22-15-27-23(33-22)32-21(29)12-17-7-6-8-18(11-17)13-25-9-10-28(4)5/h6-8,11,14-15,25H,9-10,12-13,16H2,1-5H3. The Labute approximate surface area is 209 Å². The van der Waals surface area contributed by atoms with Crippen LogP contribution >= 0.6 is 34.9 Å². The third kappa shape index (κ3) is 8.90. The van der Waals surface area contributed by atoms with E-state index in [0.717, 1.165) is 39.5 Å². The fraction of sp³-hybridized carbons (Fsp3) is 0.458. The number of aromatic nitrogens is 2. The number of oxazole rings is 1. The van der Waals surface area contributed by atoms with Gasteiger partial charge in [-0.15, -0.1) is 23.1 Å². The van der Waals surface area contributed by atoms with E-state index in [4.69, 9.17) is 4.42 Å². The first-order valence-electron chi connectivity index (χ1n) is 10.9. The maximum absolute atomic E-state index is 12.6. The van der Waals surface area contributed by atoms with Crippen LogP contribution < -0.4 is 5.32 Å². The molecule has 0 aliphatic carbocycles. The van der Waals surface area contributed by atoms with Crippen LogP contribution in [-0.4, -0.2) is 47.2 Å². The minimum atomic E-state index is -0.0489. The normalized spacial score (nSPS) is 11.9. The number of thioether (sulfide) groups is 2. The molecule has 0 radical (unpaired) electrons. The average Bonchev–Trinajstić information content (AvgIpc) is 3.39. The van der Waals surface area contributed by atoms with Crippen LogP contribution in [0.2, 0.25) is 0 Å². The second-order valence-electron chi connectivity index (χ2n) is 9.05. The van der Waals surface area contributed by atoms with Crippen molar-refractivity contribution >= 4 is 40.0 Å². The van der Waals surface area contributed by atoms with Gasteiger partial charge in [0, 0.05) is 31.5 Å². The minimum Gasteiger partial charge on any atom is -0.444 e. The van der Waals surface area contributed by atoms with Gasteiger partial charge in [0.05, 0.1) is 22.4 Å². The van der Waals surface area contributed by atoms with Crippen molar-refractivity contribution in [1.82, 2.24) is 20.2 Å². The third-order valence-corrected chi connectivity index (χ3v) is 7.82. The number of rotatable bonds is 11. The second-order valence-corrected chi connectivity index (χ2v) is 12.7. The number of benzene rings is 1. The molecule has 3 aromatic rings. The summed E-state index contributed by atoms with van der Waals surface area (Å²) < 4.78 is 7.66. The maximum atomic E-state index is 12.6. The molecule has 178 valence electrons. The third-order valence-electron chi connectivity index (χ3n) is 4.70. The number of hydrogen-bond donors (Lipinski definition) is 1. The summed E-state index contributed by atoms with van der Waals surface area (Å²) in [5.74, 6) is 2.24. The van der Waals surface area contributed by atoms with Gasteiger partial charge in [-0.1, -0.05) is 45.0 Å². The Morgan fingerprint density at radius 3 is 2.70 bits per heavy atom. The Morgan fingerprint density at radius 1 is 1.18 bits per heavy atom. The number of carbonyl (C=O) groups is 1. The summed E-state index contributed by atoms with van der Waals surface area (Å²) in [4.78, 5) is 23.5. The highest BCUT2D eigenvalue weighted by molar-refractivity contribution is 8.15. The van der Waals surface area contributed by atoms with E-state index in [2.05, 4.69) is 67.2 Å². The van der Waals surface area contributed by atoms with Gasteiger partial charge in [0.2, 0.25) is 5.89 Å². The number of likely N-dealkylation sites (N-methyl/N-ethyl adjacent to an activating group) is 1. The van der Waals surface area contributed by atoms with E-state index in [1.165, 1.54) is 28.7 Å². The minimum absolute atomic E-state index is 0.0489. The van der Waals surface area contributed by atoms with Crippen molar-refractivity contribution in [2.75, 3.05) is 27.2 Å². The number of carbonyl (C=O) groups excluding carboxylic acids is 1. The summed E-state index contributed by atoms with van der Waals surface area (Å²) in [5, 5.41) is 3.53. The lowest BCUT2D eigenvalue weighted by molar-refractivity contribution is -0.110. The highest BCUT2D eigenvalue weighted by Crippen LogP contribution is 2.34. The van der Waals surface area contributed by atoms with E-state index in [1.807, 2.05) is 18.3 Å². The predicted octanol–water partition coefficient (Wildman–Crippen LogP) is 5.23. The molecule has 2 aromatic heterocycles. The van der Waals surface area contributed by atoms with Gasteiger partial charge in [-0.2, -0.15) is 0 Å². The van der Waals surface area contributed by atoms with E-state index in [1.54, 1.807) is 18.0 Å². The van der Waals surface area contributed by atoms with Crippen LogP contribution in [0.4, 0.5) is 0 Å². The molecule has 0 amide bonds. The molecule has 6 nitrogen and oxygen atoms in total. The van der Waals surface area contributed by atoms with Gasteiger partial charge in [-0.25, -0.2) is 9.97 Å². The summed E-state index contributed by atoms with van der Waals surface area (Å²) in [6.07, 6.45) is 4.01. The van der Waals surface area contributed by atoms with E-state index in [9.17, 15) is 4.79 Å². The molecule has 0 bridgehead atoms. The molecule has 1 aromatic carbocycles. The lowest BCUT2D eigenvalue weighted by atomic mass is 9.94. The molecule has 3 rings (SSSR count). The van der Waals surface area contributed by atoms with Crippen LogP contribution in [0.1, 0.15) is 43.5 Å². The van der Waals surface area contributed by atoms with Gasteiger partial charge in [-0.05, 0) is 37.0 Å². The summed E-state index contributed by atoms with van der Waals surface area (Å²) >= 11 is 4.37. The number of nitrogens with one attached hydrogen (secondary N) is 1. The lowest BCUT2D eigenvalue weighted by Crippen LogP contribution is -2.26. The zero-order chi connectivity index (χ0) is 23.8. The topological polar surface area (TPSA) is 71.3 Å². The van der Waals surface area contributed by atoms with Crippen molar-refractivity contribution in [3.05, 3.63) is 59.4 Å². The van der Waals surface area contributed by atoms with Gasteiger partial charge in [0.25, 0.3) is 0 Å². The zero-order valence-electron chi connectivity index (χ0n) is 19.9. The summed E-state index contributed by atoms with van der Waals surface area (Å²) in [5.41, 5.74) is 2.18. The summed E-state index contributed by atoms with van der Waals surface area (Å²) in [7, 11) is 4.13. The van der Waals surface area contributed by atoms with E-state index in [-0.39, 0.29) is 10.5 Å². The number of nitrogens with zero attached hydrogens (tertiary/aromatic N) is 3. The molecule has 0 atom stereocenters. The van der Waals surface area contributed by atoms with Crippen molar-refractivity contribution in [3.63, 3.8) is 0 Å². The largest absolute Gasteiger partial charge is 0.444 e. The van der Waals surface area contributed by atoms with Crippen LogP contribution in [-0.2, 0) is 28.9 Å². The molecular weight excluding hydrogens is 472 g/mol. The number of hydrogen-bond acceptors (Lipinski definition) is 9. The first-order valence-corrected chi connectivity index (χ1v) is 13.5. The van der Waals surface area contributed by atoms with Crippen molar-refractivity contribution in [1.29, 1.82) is 0 Å². The SMILES string of the molecule is CN(C)CCNCc1cccc(CC(=O)Sc2ncc(SCc3ncc(C(C)(C)C)o3)s2)c1. The molecule has 0 aliphatic heterocycles. The molecule has 0 aliphatic rings. The first-order chi connectivity index (χ1) is 15.7. The Kier molecular flexibility index (Phi) is 9.57. The highest BCUT2D eigenvalue weighted by atomic mass is 32.2. The first kappa shape index (κ1) is 26.0. The fourth-order valence-electron chi connectivity index (χ4n) is 2.90. The predicted molar refractivity (Wildman–Crippen MR) is 138 cm³/mol. The fourth-order valence-corrected chi connectivity index (χ4v) is 5.87. The Bertz CT molecular complexity index is 1040. The van der Waals surface area contributed by atoms with Crippen molar-refractivity contribution in [2.24, 2.45) is 0 Å². The van der Waals surface area contributed by atoms with E-state index < -0.39 is 0 Å². The van der Waals surface area contributed by atoms with E-state index in [0.29, 0.717) is 18.1 Å². The van der Waals surface area contributed by atoms with Gasteiger partial charge in [0.15, 0.2) is 9.45 Å². The Hall–Kier alpha value is -1.65. The molecular formula is C24H32N4O2S3. The lowest BCUT2D eigenvalue weighted by Gasteiger charge is -2.12. The van der Waals surface area contributed by atoms with Crippen LogP contribution in [0.5, 0.6) is 0 Å². The zero-order valence-corrected chi connectivity index (χ0v) is 22.3. The molecule has 0 fully saturated rings. The number of thiazole rings is 1. The second kappa shape index (κ2) is 12.2. The molecule has 0 saturated heterocycles. The van der Waals surface area contributed by atoms with Crippen LogP contribution in [0.3, 0.4) is 0 Å². The molecule has 0 saturated carbocycles. The van der Waals surface area contributed by atoms with Crippen molar-refractivity contribution in [2.45, 2.75) is 53.5 Å². The van der Waals surface area contributed by atoms with E-state index >= 15 is 0 Å². The summed E-state index contributed by atoms with van der Waals surface area (Å²) in [6, 6.07) is 8.22. The highest BCUT2D eigenvalue weighted by Gasteiger charge is 2.19. The Morgan fingerprint density at radius 2 is 1.97 bits per heavy atom. The van der Waals surface area contributed by atoms with Gasteiger partial charge < -0.3 is 14.6 Å². The molecule has 0 unspecified atom stereocenters. The van der Waals surface area contributed by atoms with Crippen LogP contribution in [0, 0.1) is 0 Å². The van der Waals surface area contributed by atoms with Gasteiger partial charge >= 0.3 is 0 Å². The Balaban J connectivity index is 1.46. The molecule has 9 heteroatoms. The molecule has 2 heterocycles. The van der Waals surface area contributed by atoms with Crippen molar-refractivity contribution < 1.29 is 9.21 Å². The quantitative estimate of drug-likeness (QED) is 0.281.